The smallest absolute Gasteiger partial charge is 0.416 e. The highest BCUT2D eigenvalue weighted by atomic mass is 19.4. The van der Waals surface area contributed by atoms with Gasteiger partial charge in [0, 0.05) is 24.1 Å². The third-order valence-corrected chi connectivity index (χ3v) is 4.23. The van der Waals surface area contributed by atoms with Gasteiger partial charge in [0.25, 0.3) is 0 Å². The number of hydrogen-bond donors (Lipinski definition) is 1. The number of carboxylic acid groups (broad SMARTS) is 1. The molecule has 0 aliphatic heterocycles. The van der Waals surface area contributed by atoms with Crippen molar-refractivity contribution in [3.05, 3.63) is 93.5 Å². The van der Waals surface area contributed by atoms with Crippen molar-refractivity contribution >= 4 is 11.7 Å². The van der Waals surface area contributed by atoms with Gasteiger partial charge in [-0.05, 0) is 29.8 Å². The maximum absolute atomic E-state index is 14.0. The van der Waals surface area contributed by atoms with Crippen molar-refractivity contribution in [2.75, 3.05) is 0 Å². The lowest BCUT2D eigenvalue weighted by molar-refractivity contribution is -0.385. The Bertz CT molecular complexity index is 1170. The van der Waals surface area contributed by atoms with Crippen LogP contribution in [0.15, 0.2) is 72.0 Å². The van der Waals surface area contributed by atoms with Gasteiger partial charge in [-0.3, -0.25) is 10.1 Å². The monoisotopic (exact) mass is 451 g/mol. The molecule has 1 N–H and O–H groups in total. The minimum atomic E-state index is -4.73. The third kappa shape index (κ3) is 5.31. The van der Waals surface area contributed by atoms with Crippen LogP contribution in [0, 0.1) is 15.9 Å². The highest BCUT2D eigenvalue weighted by Gasteiger charge is 2.31. The second kappa shape index (κ2) is 8.92. The molecule has 0 bridgehead atoms. The van der Waals surface area contributed by atoms with Gasteiger partial charge in [0.1, 0.15) is 5.75 Å². The van der Waals surface area contributed by atoms with E-state index >= 15 is 0 Å². The van der Waals surface area contributed by atoms with Gasteiger partial charge in [-0.1, -0.05) is 18.2 Å². The molecule has 1 aliphatic rings. The number of nitro groups is 1. The number of halogens is 4. The molecule has 32 heavy (non-hydrogen) atoms. The SMILES string of the molecule is O=C(O)C1=CC=CC(=COc2cc(Oc3ccc(C(F)(F)F)cc3F)ccc2[N+](=O)[O-])C1. The van der Waals surface area contributed by atoms with E-state index in [2.05, 4.69) is 0 Å². The summed E-state index contributed by atoms with van der Waals surface area (Å²) in [5, 5.41) is 20.3. The van der Waals surface area contributed by atoms with Crippen LogP contribution >= 0.6 is 0 Å². The van der Waals surface area contributed by atoms with Gasteiger partial charge < -0.3 is 14.6 Å². The number of alkyl halides is 3. The maximum Gasteiger partial charge on any atom is 0.416 e. The first-order valence-corrected chi connectivity index (χ1v) is 8.84. The van der Waals surface area contributed by atoms with Crippen LogP contribution in [-0.4, -0.2) is 16.0 Å². The molecule has 0 aromatic heterocycles. The molecule has 11 heteroatoms. The largest absolute Gasteiger partial charge is 0.478 e. The number of rotatable bonds is 6. The van der Waals surface area contributed by atoms with Gasteiger partial charge in [0.05, 0.1) is 16.7 Å². The molecule has 1 aliphatic carbocycles. The van der Waals surface area contributed by atoms with E-state index in [-0.39, 0.29) is 29.6 Å². The number of hydrogen-bond acceptors (Lipinski definition) is 5. The van der Waals surface area contributed by atoms with E-state index in [0.29, 0.717) is 11.6 Å². The minimum absolute atomic E-state index is 0.0204. The Balaban J connectivity index is 1.85. The summed E-state index contributed by atoms with van der Waals surface area (Å²) in [5.41, 5.74) is -1.15. The first kappa shape index (κ1) is 22.5. The quantitative estimate of drug-likeness (QED) is 0.259. The summed E-state index contributed by atoms with van der Waals surface area (Å²) in [6.07, 6.45) is 0.837. The van der Waals surface area contributed by atoms with E-state index in [0.717, 1.165) is 30.5 Å². The summed E-state index contributed by atoms with van der Waals surface area (Å²) in [6, 6.07) is 4.90. The number of nitro benzene ring substituents is 1. The van der Waals surface area contributed by atoms with Crippen molar-refractivity contribution in [3.8, 4) is 17.2 Å². The summed E-state index contributed by atoms with van der Waals surface area (Å²) in [7, 11) is 0. The third-order valence-electron chi connectivity index (χ3n) is 4.23. The zero-order valence-electron chi connectivity index (χ0n) is 15.9. The standard InChI is InChI=1S/C21H13F4NO6/c22-16-9-14(21(23,24)25)4-7-18(16)32-15-5-6-17(26(29)30)19(10-15)31-11-12-2-1-3-13(8-12)20(27)28/h1-7,9-11H,8H2,(H,27,28). The molecule has 0 saturated carbocycles. The van der Waals surface area contributed by atoms with E-state index in [9.17, 15) is 32.5 Å². The first-order valence-electron chi connectivity index (χ1n) is 8.84. The summed E-state index contributed by atoms with van der Waals surface area (Å²) in [5.74, 6) is -3.36. The molecule has 0 spiro atoms. The van der Waals surface area contributed by atoms with Crippen LogP contribution in [0.25, 0.3) is 0 Å². The van der Waals surface area contributed by atoms with Crippen LogP contribution in [-0.2, 0) is 11.0 Å². The van der Waals surface area contributed by atoms with E-state index in [1.54, 1.807) is 6.08 Å². The topological polar surface area (TPSA) is 98.9 Å². The van der Waals surface area contributed by atoms with Gasteiger partial charge in [-0.15, -0.1) is 0 Å². The van der Waals surface area contributed by atoms with Crippen LogP contribution in [0.4, 0.5) is 23.2 Å². The lowest BCUT2D eigenvalue weighted by atomic mass is 10.0. The van der Waals surface area contributed by atoms with Gasteiger partial charge in [0.15, 0.2) is 11.6 Å². The number of carboxylic acids is 1. The number of ether oxygens (including phenoxy) is 2. The minimum Gasteiger partial charge on any atom is -0.478 e. The van der Waals surface area contributed by atoms with E-state index < -0.39 is 39.9 Å². The Hall–Kier alpha value is -4.15. The first-order chi connectivity index (χ1) is 15.0. The highest BCUT2D eigenvalue weighted by Crippen LogP contribution is 2.36. The molecule has 3 rings (SSSR count). The van der Waals surface area contributed by atoms with Crippen LogP contribution in [0.5, 0.6) is 17.2 Å². The second-order valence-electron chi connectivity index (χ2n) is 6.48. The number of aliphatic carboxylic acids is 1. The lowest BCUT2D eigenvalue weighted by Gasteiger charge is -2.12. The van der Waals surface area contributed by atoms with Crippen molar-refractivity contribution < 1.29 is 41.9 Å². The average molecular weight is 451 g/mol. The van der Waals surface area contributed by atoms with E-state index in [1.807, 2.05) is 0 Å². The molecule has 7 nitrogen and oxygen atoms in total. The van der Waals surface area contributed by atoms with Crippen molar-refractivity contribution in [2.45, 2.75) is 12.6 Å². The lowest BCUT2D eigenvalue weighted by Crippen LogP contribution is -2.05. The maximum atomic E-state index is 14.0. The molecule has 0 unspecified atom stereocenters. The number of benzene rings is 2. The summed E-state index contributed by atoms with van der Waals surface area (Å²) < 4.78 is 62.6. The predicted octanol–water partition coefficient (Wildman–Crippen LogP) is 5.78. The zero-order chi connectivity index (χ0) is 23.5. The molecule has 0 amide bonds. The fourth-order valence-electron chi connectivity index (χ4n) is 2.68. The second-order valence-corrected chi connectivity index (χ2v) is 6.48. The van der Waals surface area contributed by atoms with Crippen LogP contribution in [0.2, 0.25) is 0 Å². The van der Waals surface area contributed by atoms with Crippen LogP contribution in [0.3, 0.4) is 0 Å². The summed E-state index contributed by atoms with van der Waals surface area (Å²) in [6.45, 7) is 0. The Morgan fingerprint density at radius 3 is 2.53 bits per heavy atom. The summed E-state index contributed by atoms with van der Waals surface area (Å²) >= 11 is 0. The van der Waals surface area contributed by atoms with Gasteiger partial charge in [-0.2, -0.15) is 13.2 Å². The number of carbonyl (C=O) groups is 1. The number of allylic oxidation sites excluding steroid dienone is 4. The molecular weight excluding hydrogens is 438 g/mol. The molecule has 0 saturated heterocycles. The Kier molecular flexibility index (Phi) is 6.28. The normalized spacial score (nSPS) is 14.8. The molecule has 0 fully saturated rings. The molecular formula is C21H13F4NO6. The van der Waals surface area contributed by atoms with Crippen molar-refractivity contribution in [1.29, 1.82) is 0 Å². The molecule has 0 atom stereocenters. The molecule has 2 aromatic rings. The van der Waals surface area contributed by atoms with Gasteiger partial charge in [0.2, 0.25) is 5.75 Å². The molecule has 0 heterocycles. The summed E-state index contributed by atoms with van der Waals surface area (Å²) in [4.78, 5) is 21.6. The molecule has 166 valence electrons. The van der Waals surface area contributed by atoms with Gasteiger partial charge >= 0.3 is 17.8 Å². The predicted molar refractivity (Wildman–Crippen MR) is 103 cm³/mol. The fraction of sp³-hybridized carbons (Fsp3) is 0.0952. The van der Waals surface area contributed by atoms with Crippen LogP contribution in [0.1, 0.15) is 12.0 Å². The molecule has 2 aromatic carbocycles. The Morgan fingerprint density at radius 2 is 1.91 bits per heavy atom. The molecule has 0 radical (unpaired) electrons. The van der Waals surface area contributed by atoms with Crippen molar-refractivity contribution in [2.24, 2.45) is 0 Å². The highest BCUT2D eigenvalue weighted by molar-refractivity contribution is 5.88. The number of nitrogens with zero attached hydrogens (tertiary/aromatic N) is 1. The zero-order valence-corrected chi connectivity index (χ0v) is 15.9. The average Bonchev–Trinajstić information content (AvgIpc) is 2.73. The van der Waals surface area contributed by atoms with Crippen molar-refractivity contribution in [1.82, 2.24) is 0 Å². The van der Waals surface area contributed by atoms with Gasteiger partial charge in [-0.25, -0.2) is 9.18 Å². The van der Waals surface area contributed by atoms with E-state index in [1.165, 1.54) is 12.2 Å². The fourth-order valence-corrected chi connectivity index (χ4v) is 2.68. The van der Waals surface area contributed by atoms with E-state index in [4.69, 9.17) is 14.6 Å². The van der Waals surface area contributed by atoms with Crippen molar-refractivity contribution in [3.63, 3.8) is 0 Å². The Morgan fingerprint density at radius 1 is 1.16 bits per heavy atom. The van der Waals surface area contributed by atoms with Crippen LogP contribution < -0.4 is 9.47 Å². The Labute approximate surface area is 177 Å².